The first kappa shape index (κ1) is 17.3. The van der Waals surface area contributed by atoms with E-state index >= 15 is 0 Å². The molecule has 1 unspecified atom stereocenters. The maximum absolute atomic E-state index is 11.9. The van der Waals surface area contributed by atoms with Crippen LogP contribution in [-0.4, -0.2) is 19.4 Å². The predicted octanol–water partition coefficient (Wildman–Crippen LogP) is 5.28. The summed E-state index contributed by atoms with van der Waals surface area (Å²) in [4.78, 5) is 0. The molecule has 0 fully saturated rings. The molecule has 0 radical (unpaired) electrons. The molecule has 0 aliphatic rings. The molecule has 0 aliphatic heterocycles. The summed E-state index contributed by atoms with van der Waals surface area (Å²) in [6, 6.07) is 7.92. The van der Waals surface area contributed by atoms with Gasteiger partial charge in [0, 0.05) is 6.61 Å². The van der Waals surface area contributed by atoms with Crippen LogP contribution in [0.5, 0.6) is 0 Å². The molecule has 0 N–H and O–H groups in total. The van der Waals surface area contributed by atoms with Gasteiger partial charge in [0.2, 0.25) is 0 Å². The van der Waals surface area contributed by atoms with E-state index in [1.54, 1.807) is 0 Å². The van der Waals surface area contributed by atoms with Gasteiger partial charge in [-0.05, 0) is 30.4 Å². The third-order valence-corrected chi connectivity index (χ3v) is 3.41. The lowest BCUT2D eigenvalue weighted by molar-refractivity contribution is -0.174. The molecule has 0 heterocycles. The number of benzene rings is 1. The van der Waals surface area contributed by atoms with Crippen LogP contribution in [0.4, 0.5) is 13.2 Å². The second kappa shape index (κ2) is 8.53. The molecule has 1 rings (SSSR count). The van der Waals surface area contributed by atoms with Crippen LogP contribution in [0.2, 0.25) is 0 Å². The minimum absolute atomic E-state index is 0.00522. The molecule has 1 atom stereocenters. The van der Waals surface area contributed by atoms with Crippen LogP contribution in [0.25, 0.3) is 0 Å². The average molecular weight is 309 g/mol. The summed E-state index contributed by atoms with van der Waals surface area (Å²) in [5.41, 5.74) is 2.18. The molecule has 1 aromatic rings. The van der Waals surface area contributed by atoms with Crippen LogP contribution < -0.4 is 0 Å². The van der Waals surface area contributed by atoms with Crippen LogP contribution in [0.3, 0.4) is 0 Å². The fourth-order valence-corrected chi connectivity index (χ4v) is 2.05. The maximum atomic E-state index is 11.9. The van der Waals surface area contributed by atoms with Gasteiger partial charge in [0.05, 0.1) is 5.38 Å². The molecule has 0 aromatic heterocycles. The summed E-state index contributed by atoms with van der Waals surface area (Å²) < 4.78 is 40.2. The lowest BCUT2D eigenvalue weighted by Crippen LogP contribution is -2.17. The van der Waals surface area contributed by atoms with Crippen LogP contribution in [0.15, 0.2) is 24.3 Å². The van der Waals surface area contributed by atoms with E-state index in [1.165, 1.54) is 5.56 Å². The van der Waals surface area contributed by atoms with E-state index in [4.69, 9.17) is 11.6 Å². The van der Waals surface area contributed by atoms with Gasteiger partial charge in [-0.25, -0.2) is 0 Å². The minimum Gasteiger partial charge on any atom is -0.372 e. The number of hydrogen-bond acceptors (Lipinski definition) is 1. The van der Waals surface area contributed by atoms with Crippen molar-refractivity contribution in [1.82, 2.24) is 0 Å². The standard InChI is InChI=1S/C15H20ClF3O/c1-2-3-4-12-5-7-13(8-6-12)14(16)9-10-20-11-15(17,18)19/h5-8,14H,2-4,9-11H2,1H3. The zero-order chi connectivity index (χ0) is 15.0. The molecule has 5 heteroatoms. The number of ether oxygens (including phenoxy) is 1. The molecule has 0 spiro atoms. The fourth-order valence-electron chi connectivity index (χ4n) is 1.82. The molecule has 1 aromatic carbocycles. The second-order valence-electron chi connectivity index (χ2n) is 4.77. The maximum Gasteiger partial charge on any atom is 0.411 e. The molecule has 1 nitrogen and oxygen atoms in total. The topological polar surface area (TPSA) is 9.23 Å². The number of unbranched alkanes of at least 4 members (excludes halogenated alkanes) is 1. The molecular formula is C15H20ClF3O. The van der Waals surface area contributed by atoms with Crippen molar-refractivity contribution in [3.63, 3.8) is 0 Å². The Hall–Kier alpha value is -0.740. The number of hydrogen-bond donors (Lipinski definition) is 0. The van der Waals surface area contributed by atoms with Crippen LogP contribution in [0.1, 0.15) is 42.7 Å². The van der Waals surface area contributed by atoms with E-state index in [0.717, 1.165) is 24.8 Å². The summed E-state index contributed by atoms with van der Waals surface area (Å²) in [6.07, 6.45) is -0.571. The van der Waals surface area contributed by atoms with Gasteiger partial charge in [-0.3, -0.25) is 0 Å². The Bertz CT molecular complexity index is 376. The van der Waals surface area contributed by atoms with Crippen molar-refractivity contribution < 1.29 is 17.9 Å². The Morgan fingerprint density at radius 3 is 2.40 bits per heavy atom. The number of rotatable bonds is 8. The Morgan fingerprint density at radius 1 is 1.20 bits per heavy atom. The molecule has 0 saturated carbocycles. The molecule has 0 amide bonds. The first-order valence-corrected chi connectivity index (χ1v) is 7.23. The zero-order valence-corrected chi connectivity index (χ0v) is 12.3. The van der Waals surface area contributed by atoms with Crippen molar-refractivity contribution >= 4 is 11.6 Å². The Morgan fingerprint density at radius 2 is 1.85 bits per heavy atom. The highest BCUT2D eigenvalue weighted by Crippen LogP contribution is 2.25. The van der Waals surface area contributed by atoms with Gasteiger partial charge >= 0.3 is 6.18 Å². The van der Waals surface area contributed by atoms with Gasteiger partial charge in [0.15, 0.2) is 0 Å². The van der Waals surface area contributed by atoms with Gasteiger partial charge in [-0.1, -0.05) is 37.6 Å². The quantitative estimate of drug-likeness (QED) is 0.469. The van der Waals surface area contributed by atoms with Crippen LogP contribution in [0, 0.1) is 0 Å². The van der Waals surface area contributed by atoms with Crippen LogP contribution in [-0.2, 0) is 11.2 Å². The lowest BCUT2D eigenvalue weighted by atomic mass is 10.0. The Kier molecular flexibility index (Phi) is 7.38. The number of alkyl halides is 4. The predicted molar refractivity (Wildman–Crippen MR) is 75.1 cm³/mol. The van der Waals surface area contributed by atoms with E-state index in [2.05, 4.69) is 11.7 Å². The first-order chi connectivity index (χ1) is 9.42. The monoisotopic (exact) mass is 308 g/mol. The van der Waals surface area contributed by atoms with Crippen molar-refractivity contribution in [3.05, 3.63) is 35.4 Å². The molecule has 20 heavy (non-hydrogen) atoms. The Labute approximate surface area is 123 Å². The molecule has 0 aliphatic carbocycles. The normalized spacial score (nSPS) is 13.4. The van der Waals surface area contributed by atoms with Crippen molar-refractivity contribution in [2.75, 3.05) is 13.2 Å². The van der Waals surface area contributed by atoms with E-state index in [-0.39, 0.29) is 12.0 Å². The summed E-state index contributed by atoms with van der Waals surface area (Å²) in [5.74, 6) is 0. The van der Waals surface area contributed by atoms with Gasteiger partial charge in [0.1, 0.15) is 6.61 Å². The third-order valence-electron chi connectivity index (χ3n) is 2.94. The second-order valence-corrected chi connectivity index (χ2v) is 5.30. The number of halogens is 4. The first-order valence-electron chi connectivity index (χ1n) is 6.80. The number of aryl methyl sites for hydroxylation is 1. The van der Waals surface area contributed by atoms with Gasteiger partial charge in [-0.2, -0.15) is 13.2 Å². The van der Waals surface area contributed by atoms with Gasteiger partial charge in [-0.15, -0.1) is 11.6 Å². The van der Waals surface area contributed by atoms with Gasteiger partial charge < -0.3 is 4.74 Å². The highest BCUT2D eigenvalue weighted by atomic mass is 35.5. The highest BCUT2D eigenvalue weighted by molar-refractivity contribution is 6.20. The molecule has 0 bridgehead atoms. The fraction of sp³-hybridized carbons (Fsp3) is 0.600. The van der Waals surface area contributed by atoms with E-state index in [9.17, 15) is 13.2 Å². The SMILES string of the molecule is CCCCc1ccc(C(Cl)CCOCC(F)(F)F)cc1. The lowest BCUT2D eigenvalue weighted by Gasteiger charge is -2.12. The van der Waals surface area contributed by atoms with Crippen molar-refractivity contribution in [2.24, 2.45) is 0 Å². The van der Waals surface area contributed by atoms with E-state index < -0.39 is 12.8 Å². The van der Waals surface area contributed by atoms with E-state index in [1.807, 2.05) is 24.3 Å². The third kappa shape index (κ3) is 7.15. The van der Waals surface area contributed by atoms with Crippen LogP contribution >= 0.6 is 11.6 Å². The molecule has 0 saturated heterocycles. The molecule has 114 valence electrons. The minimum atomic E-state index is -4.28. The van der Waals surface area contributed by atoms with E-state index in [0.29, 0.717) is 6.42 Å². The average Bonchev–Trinajstić information content (AvgIpc) is 2.40. The highest BCUT2D eigenvalue weighted by Gasteiger charge is 2.27. The zero-order valence-electron chi connectivity index (χ0n) is 11.5. The summed E-state index contributed by atoms with van der Waals surface area (Å²) in [6.45, 7) is 0.932. The summed E-state index contributed by atoms with van der Waals surface area (Å²) >= 11 is 6.15. The van der Waals surface area contributed by atoms with Gasteiger partial charge in [0.25, 0.3) is 0 Å². The molecular weight excluding hydrogens is 289 g/mol. The van der Waals surface area contributed by atoms with Crippen molar-refractivity contribution in [1.29, 1.82) is 0 Å². The largest absolute Gasteiger partial charge is 0.411 e. The van der Waals surface area contributed by atoms with Crippen molar-refractivity contribution in [3.8, 4) is 0 Å². The summed E-state index contributed by atoms with van der Waals surface area (Å²) in [5, 5.41) is -0.316. The van der Waals surface area contributed by atoms with Crippen molar-refractivity contribution in [2.45, 2.75) is 44.2 Å². The summed E-state index contributed by atoms with van der Waals surface area (Å²) in [7, 11) is 0. The Balaban J connectivity index is 2.34. The smallest absolute Gasteiger partial charge is 0.372 e.